The predicted octanol–water partition coefficient (Wildman–Crippen LogP) is 1.58. The SMILES string of the molecule is OC1CCC1NCc1cc(F)cc(F)c1. The summed E-state index contributed by atoms with van der Waals surface area (Å²) in [4.78, 5) is 0. The van der Waals surface area contributed by atoms with Gasteiger partial charge in [0.05, 0.1) is 6.10 Å². The molecule has 2 atom stereocenters. The van der Waals surface area contributed by atoms with Crippen LogP contribution in [-0.4, -0.2) is 17.3 Å². The summed E-state index contributed by atoms with van der Waals surface area (Å²) in [5.41, 5.74) is 0.562. The first-order chi connectivity index (χ1) is 7.15. The van der Waals surface area contributed by atoms with Gasteiger partial charge < -0.3 is 10.4 Å². The van der Waals surface area contributed by atoms with Crippen LogP contribution in [0.15, 0.2) is 18.2 Å². The second-order valence-corrected chi connectivity index (χ2v) is 3.91. The van der Waals surface area contributed by atoms with Crippen molar-refractivity contribution >= 4 is 0 Å². The van der Waals surface area contributed by atoms with Gasteiger partial charge in [-0.3, -0.25) is 0 Å². The monoisotopic (exact) mass is 213 g/mol. The standard InChI is InChI=1S/C11H13F2NO/c12-8-3-7(4-9(13)5-8)6-14-10-1-2-11(10)15/h3-5,10-11,14-15H,1-2,6H2. The summed E-state index contributed by atoms with van der Waals surface area (Å²) < 4.78 is 25.6. The number of halogens is 2. The lowest BCUT2D eigenvalue weighted by Crippen LogP contribution is -2.47. The van der Waals surface area contributed by atoms with E-state index < -0.39 is 11.6 Å². The normalized spacial score (nSPS) is 25.0. The Kier molecular flexibility index (Phi) is 2.98. The van der Waals surface area contributed by atoms with Crippen LogP contribution >= 0.6 is 0 Å². The Morgan fingerprint density at radius 3 is 2.33 bits per heavy atom. The molecule has 2 rings (SSSR count). The molecular formula is C11H13F2NO. The Labute approximate surface area is 86.9 Å². The average Bonchev–Trinajstić information content (AvgIpc) is 2.14. The first-order valence-electron chi connectivity index (χ1n) is 5.01. The highest BCUT2D eigenvalue weighted by atomic mass is 19.1. The lowest BCUT2D eigenvalue weighted by Gasteiger charge is -2.33. The molecule has 4 heteroatoms. The molecule has 1 fully saturated rings. The van der Waals surface area contributed by atoms with Crippen LogP contribution in [0.25, 0.3) is 0 Å². The fourth-order valence-electron chi connectivity index (χ4n) is 1.68. The van der Waals surface area contributed by atoms with Crippen molar-refractivity contribution in [2.75, 3.05) is 0 Å². The number of benzene rings is 1. The number of nitrogens with one attached hydrogen (secondary N) is 1. The third-order valence-corrected chi connectivity index (χ3v) is 2.73. The van der Waals surface area contributed by atoms with E-state index in [-0.39, 0.29) is 12.1 Å². The van der Waals surface area contributed by atoms with Crippen molar-refractivity contribution in [2.45, 2.75) is 31.5 Å². The van der Waals surface area contributed by atoms with Gasteiger partial charge in [0.1, 0.15) is 11.6 Å². The van der Waals surface area contributed by atoms with Gasteiger partial charge in [-0.05, 0) is 30.5 Å². The van der Waals surface area contributed by atoms with Crippen LogP contribution in [-0.2, 0) is 6.54 Å². The lowest BCUT2D eigenvalue weighted by molar-refractivity contribution is 0.0492. The summed E-state index contributed by atoms with van der Waals surface area (Å²) in [6.07, 6.45) is 1.40. The third-order valence-electron chi connectivity index (χ3n) is 2.73. The van der Waals surface area contributed by atoms with Crippen LogP contribution in [0.5, 0.6) is 0 Å². The maximum atomic E-state index is 12.8. The maximum Gasteiger partial charge on any atom is 0.126 e. The minimum Gasteiger partial charge on any atom is -0.392 e. The van der Waals surface area contributed by atoms with Crippen molar-refractivity contribution < 1.29 is 13.9 Å². The van der Waals surface area contributed by atoms with Gasteiger partial charge in [-0.25, -0.2) is 8.78 Å². The number of aliphatic hydroxyl groups is 1. The van der Waals surface area contributed by atoms with Gasteiger partial charge >= 0.3 is 0 Å². The molecular weight excluding hydrogens is 200 g/mol. The van der Waals surface area contributed by atoms with E-state index in [1.54, 1.807) is 0 Å². The van der Waals surface area contributed by atoms with E-state index in [1.807, 2.05) is 0 Å². The molecule has 0 spiro atoms. The number of hydrogen-bond acceptors (Lipinski definition) is 2. The van der Waals surface area contributed by atoms with Crippen LogP contribution in [0.2, 0.25) is 0 Å². The van der Waals surface area contributed by atoms with E-state index >= 15 is 0 Å². The molecule has 0 aromatic heterocycles. The van der Waals surface area contributed by atoms with E-state index in [0.717, 1.165) is 18.9 Å². The summed E-state index contributed by atoms with van der Waals surface area (Å²) in [6.45, 7) is 0.385. The molecule has 0 amide bonds. The predicted molar refractivity (Wildman–Crippen MR) is 52.2 cm³/mol. The quantitative estimate of drug-likeness (QED) is 0.799. The Balaban J connectivity index is 1.92. The van der Waals surface area contributed by atoms with E-state index in [1.165, 1.54) is 12.1 Å². The minimum absolute atomic E-state index is 0.0660. The zero-order chi connectivity index (χ0) is 10.8. The zero-order valence-corrected chi connectivity index (χ0v) is 8.21. The maximum absolute atomic E-state index is 12.8. The molecule has 15 heavy (non-hydrogen) atoms. The molecule has 1 saturated carbocycles. The van der Waals surface area contributed by atoms with Crippen molar-refractivity contribution in [1.29, 1.82) is 0 Å². The number of rotatable bonds is 3. The molecule has 2 nitrogen and oxygen atoms in total. The van der Waals surface area contributed by atoms with Gasteiger partial charge in [-0.1, -0.05) is 0 Å². The summed E-state index contributed by atoms with van der Waals surface area (Å²) >= 11 is 0. The molecule has 2 unspecified atom stereocenters. The second-order valence-electron chi connectivity index (χ2n) is 3.91. The van der Waals surface area contributed by atoms with Crippen molar-refractivity contribution in [3.8, 4) is 0 Å². The molecule has 82 valence electrons. The molecule has 0 radical (unpaired) electrons. The summed E-state index contributed by atoms with van der Waals surface area (Å²) in [5, 5.41) is 12.3. The van der Waals surface area contributed by atoms with Gasteiger partial charge in [-0.2, -0.15) is 0 Å². The van der Waals surface area contributed by atoms with Crippen LogP contribution in [0.4, 0.5) is 8.78 Å². The first-order valence-corrected chi connectivity index (χ1v) is 5.01. The molecule has 0 heterocycles. The number of aliphatic hydroxyl groups excluding tert-OH is 1. The van der Waals surface area contributed by atoms with Crippen LogP contribution < -0.4 is 5.32 Å². The molecule has 0 saturated heterocycles. The Bertz CT molecular complexity index is 336. The third kappa shape index (κ3) is 2.52. The fraction of sp³-hybridized carbons (Fsp3) is 0.455. The highest BCUT2D eigenvalue weighted by molar-refractivity contribution is 5.17. The molecule has 1 aliphatic carbocycles. The van der Waals surface area contributed by atoms with Crippen molar-refractivity contribution in [1.82, 2.24) is 5.32 Å². The summed E-state index contributed by atoms with van der Waals surface area (Å²) in [7, 11) is 0. The molecule has 1 aromatic rings. The highest BCUT2D eigenvalue weighted by Gasteiger charge is 2.27. The van der Waals surface area contributed by atoms with Crippen molar-refractivity contribution in [2.24, 2.45) is 0 Å². The Hall–Kier alpha value is -1.00. The molecule has 2 N–H and O–H groups in total. The first kappa shape index (κ1) is 10.5. The van der Waals surface area contributed by atoms with E-state index in [9.17, 15) is 13.9 Å². The van der Waals surface area contributed by atoms with Crippen molar-refractivity contribution in [3.63, 3.8) is 0 Å². The molecule has 1 aliphatic rings. The van der Waals surface area contributed by atoms with E-state index in [4.69, 9.17) is 0 Å². The Morgan fingerprint density at radius 2 is 1.87 bits per heavy atom. The molecule has 0 aliphatic heterocycles. The highest BCUT2D eigenvalue weighted by Crippen LogP contribution is 2.20. The van der Waals surface area contributed by atoms with Gasteiger partial charge in [0.15, 0.2) is 0 Å². The van der Waals surface area contributed by atoms with E-state index in [0.29, 0.717) is 12.1 Å². The van der Waals surface area contributed by atoms with Crippen molar-refractivity contribution in [3.05, 3.63) is 35.4 Å². The van der Waals surface area contributed by atoms with Crippen LogP contribution in [0, 0.1) is 11.6 Å². The lowest BCUT2D eigenvalue weighted by atomic mass is 9.89. The molecule has 1 aromatic carbocycles. The van der Waals surface area contributed by atoms with Gasteiger partial charge in [0, 0.05) is 18.7 Å². The number of hydrogen-bond donors (Lipinski definition) is 2. The second kappa shape index (κ2) is 4.24. The van der Waals surface area contributed by atoms with Gasteiger partial charge in [0.25, 0.3) is 0 Å². The Morgan fingerprint density at radius 1 is 1.20 bits per heavy atom. The van der Waals surface area contributed by atoms with Gasteiger partial charge in [0.2, 0.25) is 0 Å². The smallest absolute Gasteiger partial charge is 0.126 e. The largest absolute Gasteiger partial charge is 0.392 e. The average molecular weight is 213 g/mol. The zero-order valence-electron chi connectivity index (χ0n) is 8.21. The summed E-state index contributed by atoms with van der Waals surface area (Å²) in [5.74, 6) is -1.14. The molecule has 0 bridgehead atoms. The van der Waals surface area contributed by atoms with Crippen LogP contribution in [0.3, 0.4) is 0 Å². The topological polar surface area (TPSA) is 32.3 Å². The summed E-state index contributed by atoms with van der Waals surface area (Å²) in [6, 6.07) is 3.50. The fourth-order valence-corrected chi connectivity index (χ4v) is 1.68. The van der Waals surface area contributed by atoms with Crippen LogP contribution in [0.1, 0.15) is 18.4 Å². The minimum atomic E-state index is -0.569. The van der Waals surface area contributed by atoms with E-state index in [2.05, 4.69) is 5.32 Å². The van der Waals surface area contributed by atoms with Gasteiger partial charge in [-0.15, -0.1) is 0 Å².